The van der Waals surface area contributed by atoms with Crippen LogP contribution in [0.25, 0.3) is 6.08 Å². The molecular weight excluding hydrogens is 248 g/mol. The molecule has 0 aromatic heterocycles. The summed E-state index contributed by atoms with van der Waals surface area (Å²) in [6.07, 6.45) is 1.56. The van der Waals surface area contributed by atoms with Gasteiger partial charge < -0.3 is 4.74 Å². The predicted molar refractivity (Wildman–Crippen MR) is 64.2 cm³/mol. The second-order valence-corrected chi connectivity index (χ2v) is 6.38. The Bertz CT molecular complexity index is 573. The van der Waals surface area contributed by atoms with Crippen LogP contribution in [0.1, 0.15) is 16.7 Å². The van der Waals surface area contributed by atoms with E-state index in [1.54, 1.807) is 6.08 Å². The topological polar surface area (TPSA) is 43.4 Å². The van der Waals surface area contributed by atoms with E-state index in [4.69, 9.17) is 15.4 Å². The number of aryl methyl sites for hydroxylation is 1. The largest absolute Gasteiger partial charge is 0.487 e. The molecule has 0 radical (unpaired) electrons. The van der Waals surface area contributed by atoms with E-state index >= 15 is 0 Å². The average molecular weight is 259 g/mol. The standard InChI is InChI=1S/C11H11ClO3S/c1-7-3-4-9-5-10(16(12,13)14)6-15-11(9)8(7)2/h3-5H,6H2,1-2H3. The number of hydrogen-bond donors (Lipinski definition) is 0. The summed E-state index contributed by atoms with van der Waals surface area (Å²) in [6, 6.07) is 3.76. The summed E-state index contributed by atoms with van der Waals surface area (Å²) in [5.41, 5.74) is 2.90. The molecule has 1 aromatic rings. The van der Waals surface area contributed by atoms with Crippen LogP contribution in [0.4, 0.5) is 0 Å². The maximum atomic E-state index is 11.2. The number of benzene rings is 1. The number of rotatable bonds is 1. The fourth-order valence-corrected chi connectivity index (χ4v) is 2.35. The summed E-state index contributed by atoms with van der Waals surface area (Å²) in [4.78, 5) is 0.102. The van der Waals surface area contributed by atoms with Crippen molar-refractivity contribution in [1.29, 1.82) is 0 Å². The minimum Gasteiger partial charge on any atom is -0.487 e. The zero-order valence-corrected chi connectivity index (χ0v) is 10.5. The van der Waals surface area contributed by atoms with Gasteiger partial charge in [-0.15, -0.1) is 0 Å². The molecule has 0 N–H and O–H groups in total. The van der Waals surface area contributed by atoms with Gasteiger partial charge in [0.15, 0.2) is 0 Å². The lowest BCUT2D eigenvalue weighted by Gasteiger charge is -2.19. The molecule has 5 heteroatoms. The van der Waals surface area contributed by atoms with Crippen molar-refractivity contribution >= 4 is 25.8 Å². The lowest BCUT2D eigenvalue weighted by Crippen LogP contribution is -2.12. The minimum atomic E-state index is -3.68. The third-order valence-electron chi connectivity index (χ3n) is 2.70. The molecular formula is C11H11ClO3S. The Hall–Kier alpha value is -1.000. The first-order chi connectivity index (χ1) is 7.39. The molecule has 0 saturated carbocycles. The summed E-state index contributed by atoms with van der Waals surface area (Å²) in [5.74, 6) is 0.740. The van der Waals surface area contributed by atoms with Crippen molar-refractivity contribution in [3.63, 3.8) is 0 Å². The van der Waals surface area contributed by atoms with E-state index in [0.29, 0.717) is 0 Å². The van der Waals surface area contributed by atoms with Gasteiger partial charge in [-0.05, 0) is 31.1 Å². The molecule has 0 amide bonds. The van der Waals surface area contributed by atoms with Gasteiger partial charge in [-0.1, -0.05) is 12.1 Å². The molecule has 3 nitrogen and oxygen atoms in total. The van der Waals surface area contributed by atoms with Crippen LogP contribution in [0.3, 0.4) is 0 Å². The lowest BCUT2D eigenvalue weighted by atomic mass is 10.0. The van der Waals surface area contributed by atoms with Gasteiger partial charge in [-0.2, -0.15) is 0 Å². The molecule has 0 atom stereocenters. The highest BCUT2D eigenvalue weighted by Crippen LogP contribution is 2.33. The Morgan fingerprint density at radius 2 is 2.00 bits per heavy atom. The molecule has 86 valence electrons. The summed E-state index contributed by atoms with van der Waals surface area (Å²) in [7, 11) is 1.59. The monoisotopic (exact) mass is 258 g/mol. The van der Waals surface area contributed by atoms with Crippen LogP contribution in [0.2, 0.25) is 0 Å². The van der Waals surface area contributed by atoms with E-state index in [9.17, 15) is 8.42 Å². The molecule has 0 bridgehead atoms. The SMILES string of the molecule is Cc1ccc2c(c1C)OCC(S(=O)(=O)Cl)=C2. The number of ether oxygens (including phenoxy) is 1. The summed E-state index contributed by atoms with van der Waals surface area (Å²) in [6.45, 7) is 3.93. The van der Waals surface area contributed by atoms with Gasteiger partial charge >= 0.3 is 0 Å². The van der Waals surface area contributed by atoms with Gasteiger partial charge in [0.2, 0.25) is 0 Å². The van der Waals surface area contributed by atoms with Crippen LogP contribution in [-0.4, -0.2) is 15.0 Å². The van der Waals surface area contributed by atoms with Gasteiger partial charge in [-0.3, -0.25) is 0 Å². The Morgan fingerprint density at radius 3 is 2.62 bits per heavy atom. The minimum absolute atomic E-state index is 0.00310. The molecule has 0 unspecified atom stereocenters. The van der Waals surface area contributed by atoms with Gasteiger partial charge in [0, 0.05) is 16.2 Å². The highest BCUT2D eigenvalue weighted by Gasteiger charge is 2.21. The Morgan fingerprint density at radius 1 is 1.31 bits per heavy atom. The van der Waals surface area contributed by atoms with Gasteiger partial charge in [-0.25, -0.2) is 8.42 Å². The highest BCUT2D eigenvalue weighted by atomic mass is 35.7. The van der Waals surface area contributed by atoms with Crippen LogP contribution in [-0.2, 0) is 9.05 Å². The van der Waals surface area contributed by atoms with Crippen molar-refractivity contribution in [2.45, 2.75) is 13.8 Å². The average Bonchev–Trinajstić information content (AvgIpc) is 2.22. The Labute approximate surface area is 99.1 Å². The van der Waals surface area contributed by atoms with E-state index in [0.717, 1.165) is 22.4 Å². The maximum absolute atomic E-state index is 11.2. The third kappa shape index (κ3) is 1.95. The zero-order chi connectivity index (χ0) is 11.9. The van der Waals surface area contributed by atoms with Crippen LogP contribution in [0, 0.1) is 13.8 Å². The molecule has 0 aliphatic carbocycles. The maximum Gasteiger partial charge on any atom is 0.260 e. The van der Waals surface area contributed by atoms with Crippen molar-refractivity contribution in [3.8, 4) is 5.75 Å². The third-order valence-corrected chi connectivity index (χ3v) is 4.15. The molecule has 1 aliphatic heterocycles. The molecule has 0 fully saturated rings. The quantitative estimate of drug-likeness (QED) is 0.728. The van der Waals surface area contributed by atoms with Crippen molar-refractivity contribution in [2.24, 2.45) is 0 Å². The van der Waals surface area contributed by atoms with Gasteiger partial charge in [0.1, 0.15) is 12.4 Å². The Kier molecular flexibility index (Phi) is 2.72. The smallest absolute Gasteiger partial charge is 0.260 e. The van der Waals surface area contributed by atoms with Crippen molar-refractivity contribution in [2.75, 3.05) is 6.61 Å². The molecule has 1 aliphatic rings. The highest BCUT2D eigenvalue weighted by molar-refractivity contribution is 8.17. The molecule has 2 rings (SSSR count). The predicted octanol–water partition coefficient (Wildman–Crippen LogP) is 2.61. The first-order valence-electron chi connectivity index (χ1n) is 4.78. The van der Waals surface area contributed by atoms with Crippen molar-refractivity contribution in [3.05, 3.63) is 33.7 Å². The first-order valence-corrected chi connectivity index (χ1v) is 7.09. The summed E-state index contributed by atoms with van der Waals surface area (Å²) < 4.78 is 27.8. The van der Waals surface area contributed by atoms with E-state index in [2.05, 4.69) is 0 Å². The first kappa shape index (κ1) is 11.5. The van der Waals surface area contributed by atoms with Gasteiger partial charge in [0.25, 0.3) is 9.05 Å². The van der Waals surface area contributed by atoms with E-state index in [1.807, 2.05) is 26.0 Å². The fourth-order valence-electron chi connectivity index (χ4n) is 1.62. The zero-order valence-electron chi connectivity index (χ0n) is 8.95. The second-order valence-electron chi connectivity index (χ2n) is 3.76. The Balaban J connectivity index is 2.59. The van der Waals surface area contributed by atoms with Crippen molar-refractivity contribution in [1.82, 2.24) is 0 Å². The molecule has 0 spiro atoms. The van der Waals surface area contributed by atoms with E-state index < -0.39 is 9.05 Å². The molecule has 1 heterocycles. The fraction of sp³-hybridized carbons (Fsp3) is 0.273. The molecule has 0 saturated heterocycles. The molecule has 1 aromatic carbocycles. The lowest BCUT2D eigenvalue weighted by molar-refractivity contribution is 0.351. The number of hydrogen-bond acceptors (Lipinski definition) is 3. The van der Waals surface area contributed by atoms with Crippen LogP contribution in [0.15, 0.2) is 17.0 Å². The normalized spacial score (nSPS) is 15.1. The second kappa shape index (κ2) is 3.79. The number of halogens is 1. The van der Waals surface area contributed by atoms with E-state index in [-0.39, 0.29) is 11.5 Å². The van der Waals surface area contributed by atoms with Gasteiger partial charge in [0.05, 0.1) is 4.91 Å². The summed E-state index contributed by atoms with van der Waals surface area (Å²) >= 11 is 0. The summed E-state index contributed by atoms with van der Waals surface area (Å²) in [5, 5.41) is 0. The molecule has 16 heavy (non-hydrogen) atoms. The number of fused-ring (bicyclic) bond motifs is 1. The van der Waals surface area contributed by atoms with Crippen molar-refractivity contribution < 1.29 is 13.2 Å². The van der Waals surface area contributed by atoms with Crippen LogP contribution < -0.4 is 4.74 Å². The van der Waals surface area contributed by atoms with Crippen LogP contribution >= 0.6 is 10.7 Å². The van der Waals surface area contributed by atoms with Crippen LogP contribution in [0.5, 0.6) is 5.75 Å². The van der Waals surface area contributed by atoms with E-state index in [1.165, 1.54) is 0 Å².